The molecule has 1 aromatic heterocycles. The quantitative estimate of drug-likeness (QED) is 0.585. The number of hydrogen-bond acceptors (Lipinski definition) is 2. The van der Waals surface area contributed by atoms with Gasteiger partial charge in [0.15, 0.2) is 5.60 Å². The predicted octanol–water partition coefficient (Wildman–Crippen LogP) is 4.36. The van der Waals surface area contributed by atoms with Crippen LogP contribution in [0.2, 0.25) is 0 Å². The molecule has 2 N–H and O–H groups in total. The van der Waals surface area contributed by atoms with Crippen molar-refractivity contribution in [1.29, 1.82) is 0 Å². The summed E-state index contributed by atoms with van der Waals surface area (Å²) in [4.78, 5) is 7.82. The molecule has 3 aromatic carbocycles. The highest BCUT2D eigenvalue weighted by molar-refractivity contribution is 5.59. The highest BCUT2D eigenvalue weighted by atomic mass is 16.3. The van der Waals surface area contributed by atoms with Gasteiger partial charge >= 0.3 is 0 Å². The summed E-state index contributed by atoms with van der Waals surface area (Å²) in [5, 5.41) is 11.7. The standard InChI is InChI=1S/C22H18N2O/c25-22(18-12-6-2-7-13-18,19-14-8-3-9-15-19)21-23-16-20(24-21)17-10-4-1-5-11-17/h1-16,25H,(H,23,24). The van der Waals surface area contributed by atoms with E-state index in [2.05, 4.69) is 9.97 Å². The van der Waals surface area contributed by atoms with Gasteiger partial charge in [0, 0.05) is 0 Å². The molecule has 0 radical (unpaired) electrons. The summed E-state index contributed by atoms with van der Waals surface area (Å²) in [5.41, 5.74) is 2.12. The zero-order valence-electron chi connectivity index (χ0n) is 13.6. The topological polar surface area (TPSA) is 48.9 Å². The van der Waals surface area contributed by atoms with Gasteiger partial charge in [-0.25, -0.2) is 4.98 Å². The van der Waals surface area contributed by atoms with Crippen molar-refractivity contribution in [2.24, 2.45) is 0 Å². The Morgan fingerprint density at radius 2 is 1.16 bits per heavy atom. The van der Waals surface area contributed by atoms with Crippen LogP contribution >= 0.6 is 0 Å². The summed E-state index contributed by atoms with van der Waals surface area (Å²) >= 11 is 0. The van der Waals surface area contributed by atoms with Gasteiger partial charge in [-0.2, -0.15) is 0 Å². The summed E-state index contributed by atoms with van der Waals surface area (Å²) in [6.45, 7) is 0. The first-order chi connectivity index (χ1) is 12.3. The van der Waals surface area contributed by atoms with Crippen LogP contribution in [0.25, 0.3) is 11.3 Å². The average molecular weight is 326 g/mol. The lowest BCUT2D eigenvalue weighted by atomic mass is 9.85. The molecule has 0 amide bonds. The van der Waals surface area contributed by atoms with Crippen LogP contribution in [-0.2, 0) is 5.60 Å². The molecule has 0 unspecified atom stereocenters. The van der Waals surface area contributed by atoms with Crippen molar-refractivity contribution in [3.63, 3.8) is 0 Å². The molecule has 0 spiro atoms. The molecule has 0 bridgehead atoms. The number of aromatic amines is 1. The highest BCUT2D eigenvalue weighted by Crippen LogP contribution is 2.35. The smallest absolute Gasteiger partial charge is 0.172 e. The SMILES string of the molecule is OC(c1ccccc1)(c1ccccc1)c1ncc(-c2ccccc2)[nH]1. The van der Waals surface area contributed by atoms with Crippen molar-refractivity contribution in [3.05, 3.63) is 114 Å². The lowest BCUT2D eigenvalue weighted by molar-refractivity contribution is 0.116. The maximum Gasteiger partial charge on any atom is 0.172 e. The summed E-state index contributed by atoms with van der Waals surface area (Å²) in [7, 11) is 0. The minimum Gasteiger partial charge on any atom is -0.373 e. The first-order valence-corrected chi connectivity index (χ1v) is 8.23. The number of H-pyrrole nitrogens is 1. The fraction of sp³-hybridized carbons (Fsp3) is 0.0455. The van der Waals surface area contributed by atoms with Crippen LogP contribution in [0, 0.1) is 0 Å². The third-order valence-corrected chi connectivity index (χ3v) is 4.39. The summed E-state index contributed by atoms with van der Waals surface area (Å²) in [6, 6.07) is 29.2. The van der Waals surface area contributed by atoms with Crippen molar-refractivity contribution < 1.29 is 5.11 Å². The van der Waals surface area contributed by atoms with Crippen LogP contribution in [0.1, 0.15) is 17.0 Å². The van der Waals surface area contributed by atoms with Crippen LogP contribution in [0.4, 0.5) is 0 Å². The molecule has 3 heteroatoms. The maximum absolute atomic E-state index is 11.7. The Labute approximate surface area is 146 Å². The summed E-state index contributed by atoms with van der Waals surface area (Å²) in [5.74, 6) is 0.503. The van der Waals surface area contributed by atoms with E-state index in [0.717, 1.165) is 22.4 Å². The summed E-state index contributed by atoms with van der Waals surface area (Å²) < 4.78 is 0. The van der Waals surface area contributed by atoms with Gasteiger partial charge < -0.3 is 10.1 Å². The number of rotatable bonds is 4. The van der Waals surface area contributed by atoms with E-state index in [1.807, 2.05) is 91.0 Å². The molecule has 25 heavy (non-hydrogen) atoms. The molecule has 122 valence electrons. The number of imidazole rings is 1. The fourth-order valence-corrected chi connectivity index (χ4v) is 3.07. The lowest BCUT2D eigenvalue weighted by Crippen LogP contribution is -2.30. The normalized spacial score (nSPS) is 11.4. The monoisotopic (exact) mass is 326 g/mol. The molecule has 0 aliphatic carbocycles. The van der Waals surface area contributed by atoms with Crippen LogP contribution in [-0.4, -0.2) is 15.1 Å². The summed E-state index contributed by atoms with van der Waals surface area (Å²) in [6.07, 6.45) is 1.77. The van der Waals surface area contributed by atoms with Gasteiger partial charge in [0.05, 0.1) is 11.9 Å². The molecular weight excluding hydrogens is 308 g/mol. The highest BCUT2D eigenvalue weighted by Gasteiger charge is 2.36. The van der Waals surface area contributed by atoms with Crippen molar-refractivity contribution in [2.45, 2.75) is 5.60 Å². The van der Waals surface area contributed by atoms with Crippen LogP contribution < -0.4 is 0 Å². The van der Waals surface area contributed by atoms with E-state index in [-0.39, 0.29) is 0 Å². The number of aromatic nitrogens is 2. The van der Waals surface area contributed by atoms with E-state index in [1.165, 1.54) is 0 Å². The third-order valence-electron chi connectivity index (χ3n) is 4.39. The zero-order chi connectivity index (χ0) is 17.1. The molecule has 4 rings (SSSR count). The molecule has 0 saturated carbocycles. The first kappa shape index (κ1) is 15.4. The van der Waals surface area contributed by atoms with Crippen molar-refractivity contribution in [1.82, 2.24) is 9.97 Å². The number of aliphatic hydroxyl groups is 1. The fourth-order valence-electron chi connectivity index (χ4n) is 3.07. The molecule has 1 heterocycles. The minimum atomic E-state index is -1.34. The molecule has 0 aliphatic heterocycles. The second-order valence-corrected chi connectivity index (χ2v) is 5.95. The molecule has 0 aliphatic rings. The van der Waals surface area contributed by atoms with E-state index < -0.39 is 5.60 Å². The Morgan fingerprint density at radius 1 is 0.680 bits per heavy atom. The number of hydrogen-bond donors (Lipinski definition) is 2. The van der Waals surface area contributed by atoms with E-state index in [0.29, 0.717) is 5.82 Å². The first-order valence-electron chi connectivity index (χ1n) is 8.23. The van der Waals surface area contributed by atoms with Crippen LogP contribution in [0.5, 0.6) is 0 Å². The van der Waals surface area contributed by atoms with Gasteiger partial charge in [-0.3, -0.25) is 0 Å². The Morgan fingerprint density at radius 3 is 1.68 bits per heavy atom. The van der Waals surface area contributed by atoms with Gasteiger partial charge in [0.25, 0.3) is 0 Å². The second kappa shape index (κ2) is 6.38. The lowest BCUT2D eigenvalue weighted by Gasteiger charge is -2.27. The third kappa shape index (κ3) is 2.75. The van der Waals surface area contributed by atoms with Crippen molar-refractivity contribution in [3.8, 4) is 11.3 Å². The second-order valence-electron chi connectivity index (χ2n) is 5.95. The van der Waals surface area contributed by atoms with E-state index in [9.17, 15) is 5.11 Å². The zero-order valence-corrected chi connectivity index (χ0v) is 13.6. The number of benzene rings is 3. The molecule has 0 atom stereocenters. The van der Waals surface area contributed by atoms with Gasteiger partial charge in [-0.1, -0.05) is 91.0 Å². The number of nitrogens with one attached hydrogen (secondary N) is 1. The molecule has 0 saturated heterocycles. The van der Waals surface area contributed by atoms with Crippen molar-refractivity contribution in [2.75, 3.05) is 0 Å². The van der Waals surface area contributed by atoms with E-state index >= 15 is 0 Å². The Bertz CT molecular complexity index is 908. The van der Waals surface area contributed by atoms with Gasteiger partial charge in [0.1, 0.15) is 5.82 Å². The Kier molecular flexibility index (Phi) is 3.92. The minimum absolute atomic E-state index is 0.503. The Hall–Kier alpha value is -3.17. The molecule has 4 aromatic rings. The van der Waals surface area contributed by atoms with E-state index in [1.54, 1.807) is 6.20 Å². The van der Waals surface area contributed by atoms with Crippen LogP contribution in [0.15, 0.2) is 97.2 Å². The maximum atomic E-state index is 11.7. The average Bonchev–Trinajstić information content (AvgIpc) is 3.20. The predicted molar refractivity (Wildman–Crippen MR) is 99.0 cm³/mol. The van der Waals surface area contributed by atoms with Gasteiger partial charge in [-0.15, -0.1) is 0 Å². The molecular formula is C22H18N2O. The van der Waals surface area contributed by atoms with Crippen LogP contribution in [0.3, 0.4) is 0 Å². The Balaban J connectivity index is 1.87. The largest absolute Gasteiger partial charge is 0.373 e. The van der Waals surface area contributed by atoms with Gasteiger partial charge in [0.2, 0.25) is 0 Å². The van der Waals surface area contributed by atoms with Crippen molar-refractivity contribution >= 4 is 0 Å². The molecule has 3 nitrogen and oxygen atoms in total. The molecule has 0 fully saturated rings. The van der Waals surface area contributed by atoms with Gasteiger partial charge in [-0.05, 0) is 16.7 Å². The van der Waals surface area contributed by atoms with E-state index in [4.69, 9.17) is 0 Å². The number of nitrogens with zero attached hydrogens (tertiary/aromatic N) is 1.